The summed E-state index contributed by atoms with van der Waals surface area (Å²) in [5.74, 6) is -4.43. The van der Waals surface area contributed by atoms with Crippen molar-refractivity contribution >= 4 is 35.5 Å². The summed E-state index contributed by atoms with van der Waals surface area (Å²) in [5.41, 5.74) is 1.14. The highest BCUT2D eigenvalue weighted by molar-refractivity contribution is 6.41. The molecule has 0 aromatic heterocycles. The van der Waals surface area contributed by atoms with E-state index in [9.17, 15) is 24.0 Å². The molecule has 1 aromatic carbocycles. The molecule has 1 aromatic rings. The fourth-order valence-corrected chi connectivity index (χ4v) is 2.55. The Balaban J connectivity index is 2.72. The summed E-state index contributed by atoms with van der Waals surface area (Å²) in [6.07, 6.45) is -0.606. The van der Waals surface area contributed by atoms with Crippen molar-refractivity contribution in [3.8, 4) is 0 Å². The van der Waals surface area contributed by atoms with Gasteiger partial charge in [0.05, 0.1) is 12.5 Å². The topological polar surface area (TPSA) is 130 Å². The second-order valence-corrected chi connectivity index (χ2v) is 7.63. The fourth-order valence-electron chi connectivity index (χ4n) is 2.55. The van der Waals surface area contributed by atoms with E-state index in [0.717, 1.165) is 5.56 Å². The van der Waals surface area contributed by atoms with E-state index in [2.05, 4.69) is 10.6 Å². The number of nitrogens with one attached hydrogen (secondary N) is 2. The number of aldehydes is 1. The van der Waals surface area contributed by atoms with Gasteiger partial charge in [-0.2, -0.15) is 0 Å². The molecule has 28 heavy (non-hydrogen) atoms. The summed E-state index contributed by atoms with van der Waals surface area (Å²) in [4.78, 5) is 58.0. The maximum absolute atomic E-state index is 12.2. The number of aliphatic carboxylic acids is 1. The molecule has 1 rings (SSSR count). The highest BCUT2D eigenvalue weighted by atomic mass is 16.4. The Morgan fingerprint density at radius 1 is 1.11 bits per heavy atom. The summed E-state index contributed by atoms with van der Waals surface area (Å²) in [6, 6.07) is 5.95. The fraction of sp³-hybridized carbons (Fsp3) is 0.450. The lowest BCUT2D eigenvalue weighted by Gasteiger charge is -2.23. The van der Waals surface area contributed by atoms with E-state index in [1.54, 1.807) is 12.1 Å². The molecule has 0 fully saturated rings. The Kier molecular flexibility index (Phi) is 8.03. The standard InChI is InChI=1S/C20H26N2O6/c1-12(18(27)21-13(11-23)10-17(25)26)9-16(24)19(28)22-15-8-6-5-7-14(15)20(2,3)4/h5-8,11-13H,9-10H2,1-4H3,(H,21,27)(H,22,28)(H,25,26)/t12-,13+/m1/s1. The van der Waals surface area contributed by atoms with Crippen LogP contribution in [0.4, 0.5) is 5.69 Å². The molecule has 0 aliphatic carbocycles. The minimum Gasteiger partial charge on any atom is -0.481 e. The summed E-state index contributed by atoms with van der Waals surface area (Å²) >= 11 is 0. The first kappa shape index (κ1) is 23.0. The Labute approximate surface area is 163 Å². The lowest BCUT2D eigenvalue weighted by Crippen LogP contribution is -2.41. The third-order valence-electron chi connectivity index (χ3n) is 4.06. The minimum atomic E-state index is -1.24. The number of carbonyl (C=O) groups excluding carboxylic acids is 4. The van der Waals surface area contributed by atoms with Crippen molar-refractivity contribution in [3.05, 3.63) is 29.8 Å². The zero-order chi connectivity index (χ0) is 21.5. The number of carboxylic acid groups (broad SMARTS) is 1. The number of rotatable bonds is 9. The van der Waals surface area contributed by atoms with E-state index < -0.39 is 41.9 Å². The zero-order valence-corrected chi connectivity index (χ0v) is 16.4. The SMILES string of the molecule is C[C@H](CC(=O)C(=O)Nc1ccccc1C(C)(C)C)C(=O)N[C@H](C=O)CC(=O)O. The van der Waals surface area contributed by atoms with Gasteiger partial charge in [0.1, 0.15) is 6.29 Å². The van der Waals surface area contributed by atoms with E-state index in [-0.39, 0.29) is 11.8 Å². The summed E-state index contributed by atoms with van der Waals surface area (Å²) in [7, 11) is 0. The van der Waals surface area contributed by atoms with Gasteiger partial charge in [-0.3, -0.25) is 19.2 Å². The lowest BCUT2D eigenvalue weighted by molar-refractivity contribution is -0.139. The molecule has 0 aliphatic heterocycles. The molecule has 0 bridgehead atoms. The van der Waals surface area contributed by atoms with E-state index >= 15 is 0 Å². The number of anilines is 1. The van der Waals surface area contributed by atoms with E-state index in [0.29, 0.717) is 12.0 Å². The van der Waals surface area contributed by atoms with Crippen molar-refractivity contribution in [1.29, 1.82) is 0 Å². The van der Waals surface area contributed by atoms with Crippen LogP contribution in [0, 0.1) is 5.92 Å². The Hall–Kier alpha value is -3.03. The molecular formula is C20H26N2O6. The van der Waals surface area contributed by atoms with Crippen molar-refractivity contribution in [2.75, 3.05) is 5.32 Å². The van der Waals surface area contributed by atoms with Crippen LogP contribution in [0.3, 0.4) is 0 Å². The van der Waals surface area contributed by atoms with Crippen LogP contribution >= 0.6 is 0 Å². The first-order valence-electron chi connectivity index (χ1n) is 8.86. The predicted molar refractivity (Wildman–Crippen MR) is 103 cm³/mol. The molecule has 0 spiro atoms. The number of hydrogen-bond donors (Lipinski definition) is 3. The van der Waals surface area contributed by atoms with Crippen molar-refractivity contribution in [2.45, 2.75) is 52.0 Å². The molecule has 3 N–H and O–H groups in total. The number of carbonyl (C=O) groups is 5. The summed E-state index contributed by atoms with van der Waals surface area (Å²) in [5, 5.41) is 13.5. The quantitative estimate of drug-likeness (QED) is 0.434. The number of amides is 2. The van der Waals surface area contributed by atoms with Crippen LogP contribution < -0.4 is 10.6 Å². The van der Waals surface area contributed by atoms with Gasteiger partial charge >= 0.3 is 5.97 Å². The van der Waals surface area contributed by atoms with Crippen LogP contribution in [0.5, 0.6) is 0 Å². The summed E-state index contributed by atoms with van der Waals surface area (Å²) < 4.78 is 0. The molecule has 0 heterocycles. The largest absolute Gasteiger partial charge is 0.481 e. The lowest BCUT2D eigenvalue weighted by atomic mass is 9.86. The van der Waals surface area contributed by atoms with Crippen LogP contribution in [0.25, 0.3) is 0 Å². The van der Waals surface area contributed by atoms with Crippen LogP contribution in [0.15, 0.2) is 24.3 Å². The molecule has 0 unspecified atom stereocenters. The molecule has 2 atom stereocenters. The van der Waals surface area contributed by atoms with E-state index in [1.807, 2.05) is 32.9 Å². The van der Waals surface area contributed by atoms with Crippen molar-refractivity contribution < 1.29 is 29.1 Å². The van der Waals surface area contributed by atoms with Crippen LogP contribution in [-0.2, 0) is 29.4 Å². The highest BCUT2D eigenvalue weighted by Gasteiger charge is 2.25. The molecule has 2 amide bonds. The third kappa shape index (κ3) is 6.94. The minimum absolute atomic E-state index is 0.242. The number of carboxylic acids is 1. The zero-order valence-electron chi connectivity index (χ0n) is 16.4. The van der Waals surface area contributed by atoms with Gasteiger partial charge < -0.3 is 20.5 Å². The van der Waals surface area contributed by atoms with Crippen LogP contribution in [0.1, 0.15) is 46.1 Å². The van der Waals surface area contributed by atoms with Crippen molar-refractivity contribution in [1.82, 2.24) is 5.32 Å². The maximum Gasteiger partial charge on any atom is 0.305 e. The van der Waals surface area contributed by atoms with Crippen LogP contribution in [0.2, 0.25) is 0 Å². The second kappa shape index (κ2) is 9.77. The van der Waals surface area contributed by atoms with E-state index in [1.165, 1.54) is 6.92 Å². The summed E-state index contributed by atoms with van der Waals surface area (Å²) in [6.45, 7) is 7.36. The molecule has 0 saturated heterocycles. The normalized spacial score (nSPS) is 13.1. The van der Waals surface area contributed by atoms with Crippen molar-refractivity contribution in [2.24, 2.45) is 5.92 Å². The number of para-hydroxylation sites is 1. The Bertz CT molecular complexity index is 766. The van der Waals surface area contributed by atoms with Gasteiger partial charge in [0.2, 0.25) is 11.7 Å². The Morgan fingerprint density at radius 2 is 1.71 bits per heavy atom. The monoisotopic (exact) mass is 390 g/mol. The van der Waals surface area contributed by atoms with Crippen LogP contribution in [-0.4, -0.2) is 41.0 Å². The number of ketones is 1. The van der Waals surface area contributed by atoms with E-state index in [4.69, 9.17) is 5.11 Å². The van der Waals surface area contributed by atoms with Gasteiger partial charge in [-0.1, -0.05) is 45.9 Å². The average Bonchev–Trinajstić information content (AvgIpc) is 2.59. The number of benzene rings is 1. The molecular weight excluding hydrogens is 364 g/mol. The smallest absolute Gasteiger partial charge is 0.305 e. The van der Waals surface area contributed by atoms with Crippen molar-refractivity contribution in [3.63, 3.8) is 0 Å². The molecule has 8 nitrogen and oxygen atoms in total. The molecule has 8 heteroatoms. The predicted octanol–water partition coefficient (Wildman–Crippen LogP) is 1.68. The second-order valence-electron chi connectivity index (χ2n) is 7.63. The maximum atomic E-state index is 12.2. The van der Waals surface area contributed by atoms with Gasteiger partial charge in [0, 0.05) is 18.0 Å². The molecule has 0 saturated carbocycles. The van der Waals surface area contributed by atoms with Gasteiger partial charge in [0.15, 0.2) is 0 Å². The molecule has 152 valence electrons. The third-order valence-corrected chi connectivity index (χ3v) is 4.06. The molecule has 0 aliphatic rings. The van der Waals surface area contributed by atoms with Gasteiger partial charge in [-0.05, 0) is 17.0 Å². The van der Waals surface area contributed by atoms with Gasteiger partial charge in [-0.25, -0.2) is 0 Å². The first-order valence-corrected chi connectivity index (χ1v) is 8.86. The highest BCUT2D eigenvalue weighted by Crippen LogP contribution is 2.29. The molecule has 0 radical (unpaired) electrons. The first-order chi connectivity index (χ1) is 13.0. The Morgan fingerprint density at radius 3 is 2.25 bits per heavy atom. The average molecular weight is 390 g/mol. The van der Waals surface area contributed by atoms with Gasteiger partial charge in [-0.15, -0.1) is 0 Å². The van der Waals surface area contributed by atoms with Gasteiger partial charge in [0.25, 0.3) is 5.91 Å². The number of hydrogen-bond acceptors (Lipinski definition) is 5. The number of Topliss-reactive ketones (excluding diaryl/α,β-unsaturated/α-hetero) is 1.